The second-order valence-electron chi connectivity index (χ2n) is 5.78. The van der Waals surface area contributed by atoms with Crippen LogP contribution in [0.3, 0.4) is 0 Å². The largest absolute Gasteiger partial charge is 0.489 e. The zero-order chi connectivity index (χ0) is 16.2. The van der Waals surface area contributed by atoms with Crippen LogP contribution in [0, 0.1) is 0 Å². The Hall–Kier alpha value is -1.26. The fourth-order valence-electron chi connectivity index (χ4n) is 2.87. The third-order valence-corrected chi connectivity index (χ3v) is 4.95. The van der Waals surface area contributed by atoms with Crippen LogP contribution in [0.25, 0.3) is 0 Å². The van der Waals surface area contributed by atoms with Crippen LogP contribution in [-0.2, 0) is 6.61 Å². The van der Waals surface area contributed by atoms with Crippen molar-refractivity contribution in [3.63, 3.8) is 0 Å². The van der Waals surface area contributed by atoms with E-state index in [9.17, 15) is 5.11 Å². The molecule has 1 heterocycles. The highest BCUT2D eigenvalue weighted by Gasteiger charge is 2.24. The van der Waals surface area contributed by atoms with Gasteiger partial charge in [0.25, 0.3) is 0 Å². The molecule has 5 heteroatoms. The van der Waals surface area contributed by atoms with E-state index in [0.717, 1.165) is 24.3 Å². The number of halogens is 2. The first kappa shape index (κ1) is 16.6. The van der Waals surface area contributed by atoms with Crippen molar-refractivity contribution < 1.29 is 9.84 Å². The summed E-state index contributed by atoms with van der Waals surface area (Å²) in [6.45, 7) is 1.44. The summed E-state index contributed by atoms with van der Waals surface area (Å²) in [5.41, 5.74) is 2.06. The minimum atomic E-state index is 0.191. The number of benzene rings is 2. The molecule has 2 atom stereocenters. The third kappa shape index (κ3) is 3.99. The first-order chi connectivity index (χ1) is 11.2. The van der Waals surface area contributed by atoms with Crippen LogP contribution in [0.1, 0.15) is 23.5 Å². The normalized spacial score (nSPS) is 20.7. The SMILES string of the molecule is OCC1CC(c2ccc(OCc3c(Cl)cccc3Cl)cc2)CN1. The Labute approximate surface area is 146 Å². The summed E-state index contributed by atoms with van der Waals surface area (Å²) < 4.78 is 5.79. The minimum absolute atomic E-state index is 0.191. The first-order valence-corrected chi connectivity index (χ1v) is 8.43. The first-order valence-electron chi connectivity index (χ1n) is 7.67. The Morgan fingerprint density at radius 3 is 2.39 bits per heavy atom. The second kappa shape index (κ2) is 7.54. The van der Waals surface area contributed by atoms with E-state index >= 15 is 0 Å². The van der Waals surface area contributed by atoms with E-state index < -0.39 is 0 Å². The van der Waals surface area contributed by atoms with E-state index in [1.54, 1.807) is 12.1 Å². The van der Waals surface area contributed by atoms with E-state index in [0.29, 0.717) is 22.6 Å². The molecule has 1 saturated heterocycles. The van der Waals surface area contributed by atoms with Gasteiger partial charge in [-0.3, -0.25) is 0 Å². The lowest BCUT2D eigenvalue weighted by atomic mass is 9.96. The molecule has 2 aromatic carbocycles. The number of aliphatic hydroxyl groups excluding tert-OH is 1. The van der Waals surface area contributed by atoms with Crippen LogP contribution in [0.5, 0.6) is 5.75 Å². The topological polar surface area (TPSA) is 41.5 Å². The summed E-state index contributed by atoms with van der Waals surface area (Å²) in [4.78, 5) is 0. The van der Waals surface area contributed by atoms with E-state index in [2.05, 4.69) is 17.4 Å². The Morgan fingerprint density at radius 2 is 1.78 bits per heavy atom. The predicted molar refractivity (Wildman–Crippen MR) is 93.5 cm³/mol. The zero-order valence-electron chi connectivity index (χ0n) is 12.6. The molecule has 2 N–H and O–H groups in total. The highest BCUT2D eigenvalue weighted by Crippen LogP contribution is 2.29. The molecule has 0 aliphatic carbocycles. The molecular formula is C18H19Cl2NO2. The molecule has 1 aliphatic rings. The standard InChI is InChI=1S/C18H19Cl2NO2/c19-17-2-1-3-18(20)16(17)11-23-15-6-4-12(5-7-15)13-8-14(10-22)21-9-13/h1-7,13-14,21-22H,8-11H2. The number of nitrogens with one attached hydrogen (secondary N) is 1. The van der Waals surface area contributed by atoms with Crippen molar-refractivity contribution in [2.45, 2.75) is 25.0 Å². The average molecular weight is 352 g/mol. The molecule has 122 valence electrons. The lowest BCUT2D eigenvalue weighted by molar-refractivity contribution is 0.254. The monoisotopic (exact) mass is 351 g/mol. The summed E-state index contributed by atoms with van der Waals surface area (Å²) in [6, 6.07) is 13.7. The van der Waals surface area contributed by atoms with Gasteiger partial charge in [0.05, 0.1) is 6.61 Å². The van der Waals surface area contributed by atoms with Crippen LogP contribution >= 0.6 is 23.2 Å². The van der Waals surface area contributed by atoms with E-state index in [1.807, 2.05) is 18.2 Å². The Kier molecular flexibility index (Phi) is 5.44. The molecular weight excluding hydrogens is 333 g/mol. The summed E-state index contributed by atoms with van der Waals surface area (Å²) in [6.07, 6.45) is 0.964. The molecule has 3 nitrogen and oxygen atoms in total. The van der Waals surface area contributed by atoms with Gasteiger partial charge in [-0.2, -0.15) is 0 Å². The molecule has 3 rings (SSSR count). The lowest BCUT2D eigenvalue weighted by Crippen LogP contribution is -2.24. The molecule has 2 unspecified atom stereocenters. The van der Waals surface area contributed by atoms with Crippen molar-refractivity contribution in [3.05, 3.63) is 63.6 Å². The Bertz CT molecular complexity index is 640. The number of rotatable bonds is 5. The van der Waals surface area contributed by atoms with Gasteiger partial charge in [-0.1, -0.05) is 41.4 Å². The van der Waals surface area contributed by atoms with E-state index in [1.165, 1.54) is 5.56 Å². The number of aliphatic hydroxyl groups is 1. The van der Waals surface area contributed by atoms with Crippen molar-refractivity contribution in [2.75, 3.05) is 13.2 Å². The van der Waals surface area contributed by atoms with Crippen molar-refractivity contribution in [2.24, 2.45) is 0 Å². The van der Waals surface area contributed by atoms with Gasteiger partial charge in [-0.15, -0.1) is 0 Å². The van der Waals surface area contributed by atoms with Crippen LogP contribution in [0.15, 0.2) is 42.5 Å². The maximum Gasteiger partial charge on any atom is 0.119 e. The maximum absolute atomic E-state index is 9.19. The summed E-state index contributed by atoms with van der Waals surface area (Å²) in [5, 5.41) is 13.7. The molecule has 0 saturated carbocycles. The molecule has 0 bridgehead atoms. The fraction of sp³-hybridized carbons (Fsp3) is 0.333. The molecule has 0 aromatic heterocycles. The van der Waals surface area contributed by atoms with Gasteiger partial charge < -0.3 is 15.2 Å². The second-order valence-corrected chi connectivity index (χ2v) is 6.59. The van der Waals surface area contributed by atoms with Gasteiger partial charge in [0.1, 0.15) is 12.4 Å². The number of hydrogen-bond donors (Lipinski definition) is 2. The van der Waals surface area contributed by atoms with Crippen LogP contribution in [0.2, 0.25) is 10.0 Å². The lowest BCUT2D eigenvalue weighted by Gasteiger charge is -2.12. The number of ether oxygens (including phenoxy) is 1. The van der Waals surface area contributed by atoms with Crippen LogP contribution < -0.4 is 10.1 Å². The van der Waals surface area contributed by atoms with Crippen molar-refractivity contribution in [1.82, 2.24) is 5.32 Å². The fourth-order valence-corrected chi connectivity index (χ4v) is 3.38. The van der Waals surface area contributed by atoms with Crippen molar-refractivity contribution >= 4 is 23.2 Å². The van der Waals surface area contributed by atoms with Gasteiger partial charge in [0, 0.05) is 28.2 Å². The molecule has 1 aliphatic heterocycles. The molecule has 0 amide bonds. The molecule has 1 fully saturated rings. The Morgan fingerprint density at radius 1 is 1.09 bits per heavy atom. The van der Waals surface area contributed by atoms with Gasteiger partial charge in [-0.25, -0.2) is 0 Å². The average Bonchev–Trinajstić information content (AvgIpc) is 3.04. The summed E-state index contributed by atoms with van der Waals surface area (Å²) in [7, 11) is 0. The molecule has 2 aromatic rings. The van der Waals surface area contributed by atoms with Crippen LogP contribution in [-0.4, -0.2) is 24.3 Å². The quantitative estimate of drug-likeness (QED) is 0.854. The molecule has 23 heavy (non-hydrogen) atoms. The predicted octanol–water partition coefficient (Wildman–Crippen LogP) is 4.01. The van der Waals surface area contributed by atoms with Gasteiger partial charge >= 0.3 is 0 Å². The van der Waals surface area contributed by atoms with E-state index in [-0.39, 0.29) is 12.6 Å². The van der Waals surface area contributed by atoms with Crippen molar-refractivity contribution in [1.29, 1.82) is 0 Å². The molecule has 0 radical (unpaired) electrons. The minimum Gasteiger partial charge on any atom is -0.489 e. The van der Waals surface area contributed by atoms with Gasteiger partial charge in [0.15, 0.2) is 0 Å². The maximum atomic E-state index is 9.19. The van der Waals surface area contributed by atoms with Crippen molar-refractivity contribution in [3.8, 4) is 5.75 Å². The van der Waals surface area contributed by atoms with E-state index in [4.69, 9.17) is 27.9 Å². The molecule has 0 spiro atoms. The van der Waals surface area contributed by atoms with Gasteiger partial charge in [-0.05, 0) is 42.2 Å². The summed E-state index contributed by atoms with van der Waals surface area (Å²) >= 11 is 12.3. The smallest absolute Gasteiger partial charge is 0.119 e. The van der Waals surface area contributed by atoms with Crippen LogP contribution in [0.4, 0.5) is 0 Å². The zero-order valence-corrected chi connectivity index (χ0v) is 14.1. The van der Waals surface area contributed by atoms with Gasteiger partial charge in [0.2, 0.25) is 0 Å². The Balaban J connectivity index is 1.62. The highest BCUT2D eigenvalue weighted by molar-refractivity contribution is 6.35. The highest BCUT2D eigenvalue weighted by atomic mass is 35.5. The summed E-state index contributed by atoms with van der Waals surface area (Å²) in [5.74, 6) is 1.23. The third-order valence-electron chi connectivity index (χ3n) is 4.24. The number of hydrogen-bond acceptors (Lipinski definition) is 3.